The number of benzene rings is 1. The van der Waals surface area contributed by atoms with Gasteiger partial charge in [0, 0.05) is 29.6 Å². The fraction of sp³-hybridized carbons (Fsp3) is 0.125. The predicted molar refractivity (Wildman–Crippen MR) is 46.3 cm³/mol. The molecule has 0 atom stereocenters. The van der Waals surface area contributed by atoms with Crippen molar-refractivity contribution in [1.82, 2.24) is 0 Å². The summed E-state index contributed by atoms with van der Waals surface area (Å²) in [7, 11) is 0. The maximum absolute atomic E-state index is 9.80. The van der Waals surface area contributed by atoms with Crippen molar-refractivity contribution in [3.63, 3.8) is 0 Å². The molecule has 0 aromatic heterocycles. The minimum Gasteiger partial charge on any atom is -0.626 e. The number of rotatable bonds is 2. The molecular formula is C8H9NNaO. The standard InChI is InChI=1S/C8H9NO.Na/c10-9-7-6-8-4-2-1-3-5-8;/h1-5,7,9H,6H2;. The van der Waals surface area contributed by atoms with E-state index in [1.54, 1.807) is 5.16 Å². The molecule has 11 heavy (non-hydrogen) atoms. The second kappa shape index (κ2) is 6.40. The third-order valence-electron chi connectivity index (χ3n) is 1.26. The molecular weight excluding hydrogens is 149 g/mol. The van der Waals surface area contributed by atoms with Crippen LogP contribution in [0.3, 0.4) is 0 Å². The van der Waals surface area contributed by atoms with E-state index in [2.05, 4.69) is 0 Å². The van der Waals surface area contributed by atoms with Gasteiger partial charge in [-0.25, -0.2) is 5.16 Å². The van der Waals surface area contributed by atoms with E-state index in [-0.39, 0.29) is 29.6 Å². The van der Waals surface area contributed by atoms with E-state index in [1.165, 1.54) is 6.21 Å². The molecule has 0 unspecified atom stereocenters. The third-order valence-corrected chi connectivity index (χ3v) is 1.26. The van der Waals surface area contributed by atoms with Crippen LogP contribution in [0.25, 0.3) is 0 Å². The Morgan fingerprint density at radius 1 is 1.27 bits per heavy atom. The summed E-state index contributed by atoms with van der Waals surface area (Å²) in [6, 6.07) is 9.82. The van der Waals surface area contributed by atoms with Gasteiger partial charge in [0.25, 0.3) is 0 Å². The predicted octanol–water partition coefficient (Wildman–Crippen LogP) is -0.502. The third kappa shape index (κ3) is 4.19. The van der Waals surface area contributed by atoms with E-state index in [1.807, 2.05) is 30.3 Å². The van der Waals surface area contributed by atoms with Crippen LogP contribution in [0.2, 0.25) is 0 Å². The summed E-state index contributed by atoms with van der Waals surface area (Å²) in [6.07, 6.45) is 2.17. The topological polar surface area (TPSA) is 37.0 Å². The van der Waals surface area contributed by atoms with Gasteiger partial charge in [-0.15, -0.1) is 0 Å². The van der Waals surface area contributed by atoms with Gasteiger partial charge < -0.3 is 5.21 Å². The molecule has 0 saturated carbocycles. The largest absolute Gasteiger partial charge is 0.626 e. The maximum Gasteiger partial charge on any atom is 0.153 e. The Kier molecular flexibility index (Phi) is 6.22. The van der Waals surface area contributed by atoms with Crippen LogP contribution in [0.4, 0.5) is 0 Å². The van der Waals surface area contributed by atoms with Crippen LogP contribution < -0.4 is 5.16 Å². The van der Waals surface area contributed by atoms with E-state index in [4.69, 9.17) is 0 Å². The molecule has 0 bridgehead atoms. The van der Waals surface area contributed by atoms with Crippen molar-refractivity contribution in [3.8, 4) is 0 Å². The fourth-order valence-corrected chi connectivity index (χ4v) is 0.774. The Morgan fingerprint density at radius 2 is 1.91 bits per heavy atom. The van der Waals surface area contributed by atoms with Gasteiger partial charge in [0.1, 0.15) is 0 Å². The Morgan fingerprint density at radius 3 is 2.45 bits per heavy atom. The maximum atomic E-state index is 9.80. The van der Waals surface area contributed by atoms with Gasteiger partial charge in [0.15, 0.2) is 6.21 Å². The average Bonchev–Trinajstić information content (AvgIpc) is 2.03. The van der Waals surface area contributed by atoms with E-state index in [9.17, 15) is 5.21 Å². The van der Waals surface area contributed by atoms with Crippen LogP contribution in [0.5, 0.6) is 0 Å². The van der Waals surface area contributed by atoms with Crippen molar-refractivity contribution in [2.75, 3.05) is 0 Å². The van der Waals surface area contributed by atoms with Gasteiger partial charge in [0.2, 0.25) is 0 Å². The van der Waals surface area contributed by atoms with Gasteiger partial charge in [-0.2, -0.15) is 0 Å². The van der Waals surface area contributed by atoms with Crippen LogP contribution in [0.1, 0.15) is 5.56 Å². The Labute approximate surface area is 88.2 Å². The van der Waals surface area contributed by atoms with Crippen LogP contribution in [-0.2, 0) is 6.42 Å². The number of hydrogen-bond acceptors (Lipinski definition) is 1. The van der Waals surface area contributed by atoms with Crippen molar-refractivity contribution < 1.29 is 5.16 Å². The van der Waals surface area contributed by atoms with Gasteiger partial charge in [-0.1, -0.05) is 30.3 Å². The Bertz CT molecular complexity index is 211. The quantitative estimate of drug-likeness (QED) is 0.268. The van der Waals surface area contributed by atoms with E-state index in [0.29, 0.717) is 6.42 Å². The van der Waals surface area contributed by atoms with E-state index in [0.717, 1.165) is 5.56 Å². The first kappa shape index (κ1) is 10.7. The average molecular weight is 158 g/mol. The Balaban J connectivity index is 0.000001000. The minimum atomic E-state index is 0. The molecule has 0 saturated heterocycles. The SMILES string of the molecule is [Na].[O-][NH+]=CCc1ccccc1. The first-order valence-electron chi connectivity index (χ1n) is 3.17. The molecule has 1 N–H and O–H groups in total. The molecule has 1 aromatic rings. The molecule has 0 heterocycles. The monoisotopic (exact) mass is 158 g/mol. The first-order chi connectivity index (χ1) is 4.93. The van der Waals surface area contributed by atoms with E-state index < -0.39 is 0 Å². The van der Waals surface area contributed by atoms with Gasteiger partial charge in [0.05, 0.1) is 6.42 Å². The summed E-state index contributed by atoms with van der Waals surface area (Å²) < 4.78 is 0. The summed E-state index contributed by atoms with van der Waals surface area (Å²) in [4.78, 5) is 0. The molecule has 0 spiro atoms. The van der Waals surface area contributed by atoms with Crippen molar-refractivity contribution in [2.45, 2.75) is 6.42 Å². The van der Waals surface area contributed by atoms with Crippen LogP contribution >= 0.6 is 0 Å². The summed E-state index contributed by atoms with van der Waals surface area (Å²) in [6.45, 7) is 0. The summed E-state index contributed by atoms with van der Waals surface area (Å²) in [5.74, 6) is 0. The minimum absolute atomic E-state index is 0. The number of nitrogens with one attached hydrogen (secondary N) is 1. The number of hydrogen-bond donors (Lipinski definition) is 1. The molecule has 0 aliphatic carbocycles. The van der Waals surface area contributed by atoms with E-state index >= 15 is 0 Å². The second-order valence-electron chi connectivity index (χ2n) is 2.01. The van der Waals surface area contributed by atoms with Crippen LogP contribution in [-0.4, -0.2) is 35.8 Å². The Hall–Kier alpha value is -0.310. The molecule has 0 amide bonds. The second-order valence-corrected chi connectivity index (χ2v) is 2.01. The summed E-state index contributed by atoms with van der Waals surface area (Å²) in [5, 5.41) is 11.5. The van der Waals surface area contributed by atoms with Gasteiger partial charge in [-0.05, 0) is 5.56 Å². The zero-order chi connectivity index (χ0) is 7.23. The molecule has 1 aromatic carbocycles. The summed E-state index contributed by atoms with van der Waals surface area (Å²) >= 11 is 0. The van der Waals surface area contributed by atoms with Crippen LogP contribution in [0, 0.1) is 5.21 Å². The van der Waals surface area contributed by atoms with Crippen molar-refractivity contribution >= 4 is 35.8 Å². The summed E-state index contributed by atoms with van der Waals surface area (Å²) in [5.41, 5.74) is 1.14. The first-order valence-corrected chi connectivity index (χ1v) is 3.17. The van der Waals surface area contributed by atoms with Crippen molar-refractivity contribution in [3.05, 3.63) is 41.1 Å². The van der Waals surface area contributed by atoms with Crippen molar-refractivity contribution in [1.29, 1.82) is 0 Å². The zero-order valence-corrected chi connectivity index (χ0v) is 8.58. The molecule has 0 aliphatic rings. The molecule has 3 heteroatoms. The van der Waals surface area contributed by atoms with Crippen molar-refractivity contribution in [2.24, 2.45) is 0 Å². The van der Waals surface area contributed by atoms with Gasteiger partial charge >= 0.3 is 0 Å². The van der Waals surface area contributed by atoms with Crippen LogP contribution in [0.15, 0.2) is 30.3 Å². The smallest absolute Gasteiger partial charge is 0.153 e. The fourth-order valence-electron chi connectivity index (χ4n) is 0.774. The molecule has 1 radical (unpaired) electrons. The molecule has 0 fully saturated rings. The molecule has 1 rings (SSSR count). The van der Waals surface area contributed by atoms with Gasteiger partial charge in [-0.3, -0.25) is 0 Å². The molecule has 53 valence electrons. The molecule has 0 aliphatic heterocycles. The molecule has 2 nitrogen and oxygen atoms in total. The zero-order valence-electron chi connectivity index (χ0n) is 6.58. The normalized spacial score (nSPS) is 9.45.